The van der Waals surface area contributed by atoms with Crippen LogP contribution in [0.5, 0.6) is 0 Å². The summed E-state index contributed by atoms with van der Waals surface area (Å²) in [7, 11) is 0. The van der Waals surface area contributed by atoms with Crippen molar-refractivity contribution in [3.05, 3.63) is 39.9 Å². The molecule has 1 aromatic heterocycles. The second-order valence-electron chi connectivity index (χ2n) is 4.80. The van der Waals surface area contributed by atoms with Gasteiger partial charge in [-0.1, -0.05) is 18.7 Å². The number of halogens is 1. The molecule has 0 atom stereocenters. The van der Waals surface area contributed by atoms with E-state index in [1.54, 1.807) is 29.2 Å². The first-order chi connectivity index (χ1) is 9.79. The van der Waals surface area contributed by atoms with Crippen molar-refractivity contribution < 1.29 is 4.39 Å². The van der Waals surface area contributed by atoms with E-state index in [1.807, 2.05) is 17.5 Å². The summed E-state index contributed by atoms with van der Waals surface area (Å²) in [6.45, 7) is 3.96. The van der Waals surface area contributed by atoms with Gasteiger partial charge in [0, 0.05) is 27.1 Å². The Kier molecular flexibility index (Phi) is 2.86. The van der Waals surface area contributed by atoms with Crippen molar-refractivity contribution in [3.8, 4) is 0 Å². The molecule has 0 radical (unpaired) electrons. The van der Waals surface area contributed by atoms with Crippen LogP contribution in [-0.2, 0) is 0 Å². The van der Waals surface area contributed by atoms with Gasteiger partial charge in [0.25, 0.3) is 0 Å². The second-order valence-corrected chi connectivity index (χ2v) is 6.78. The highest BCUT2D eigenvalue weighted by molar-refractivity contribution is 8.17. The number of hydrogen-bond donors (Lipinski definition) is 0. The third kappa shape index (κ3) is 1.66. The number of thiophene rings is 1. The lowest BCUT2D eigenvalue weighted by Crippen LogP contribution is -2.20. The van der Waals surface area contributed by atoms with Crippen LogP contribution in [0.1, 0.15) is 18.9 Å². The largest absolute Gasteiger partial charge is 0.318 e. The molecule has 20 heavy (non-hydrogen) atoms. The van der Waals surface area contributed by atoms with Gasteiger partial charge < -0.3 is 4.90 Å². The number of allylic oxidation sites excluding steroid dienone is 1. The molecule has 0 spiro atoms. The minimum absolute atomic E-state index is 0.135. The molecule has 2 aliphatic heterocycles. The van der Waals surface area contributed by atoms with E-state index < -0.39 is 0 Å². The maximum atomic E-state index is 13.9. The van der Waals surface area contributed by atoms with Gasteiger partial charge in [-0.3, -0.25) is 4.99 Å². The quantitative estimate of drug-likeness (QED) is 0.809. The minimum atomic E-state index is -0.135. The summed E-state index contributed by atoms with van der Waals surface area (Å²) in [5.74, 6) is -0.135. The van der Waals surface area contributed by atoms with Gasteiger partial charge in [-0.25, -0.2) is 4.39 Å². The summed E-state index contributed by atoms with van der Waals surface area (Å²) < 4.78 is 14.9. The van der Waals surface area contributed by atoms with Crippen molar-refractivity contribution in [3.63, 3.8) is 0 Å². The standard InChI is InChI=1S/C15H13FN2S2/c1-2-12-13(18-7-6-17-15(18)20-12)10-3-4-11(16)9-5-8-19-14(9)10/h3-5,8H,2,6-7H2,1H3. The number of benzene rings is 1. The van der Waals surface area contributed by atoms with E-state index in [2.05, 4.69) is 16.8 Å². The molecule has 0 N–H and O–H groups in total. The van der Waals surface area contributed by atoms with Gasteiger partial charge in [0.1, 0.15) is 5.82 Å². The first kappa shape index (κ1) is 12.4. The van der Waals surface area contributed by atoms with Gasteiger partial charge in [-0.2, -0.15) is 0 Å². The van der Waals surface area contributed by atoms with Crippen molar-refractivity contribution in [2.45, 2.75) is 13.3 Å². The van der Waals surface area contributed by atoms with E-state index in [9.17, 15) is 4.39 Å². The molecule has 0 fully saturated rings. The van der Waals surface area contributed by atoms with Crippen LogP contribution >= 0.6 is 23.1 Å². The minimum Gasteiger partial charge on any atom is -0.318 e. The van der Waals surface area contributed by atoms with Crippen molar-refractivity contribution in [1.29, 1.82) is 0 Å². The average Bonchev–Trinajstić information content (AvgIpc) is 3.14. The molecule has 102 valence electrons. The second kappa shape index (κ2) is 4.60. The van der Waals surface area contributed by atoms with E-state index >= 15 is 0 Å². The first-order valence-electron chi connectivity index (χ1n) is 6.68. The normalized spacial score (nSPS) is 18.1. The molecular weight excluding hydrogens is 291 g/mol. The van der Waals surface area contributed by atoms with Crippen molar-refractivity contribution in [2.75, 3.05) is 13.1 Å². The van der Waals surface area contributed by atoms with Crippen LogP contribution in [0.15, 0.2) is 33.5 Å². The molecule has 1 aromatic carbocycles. The summed E-state index contributed by atoms with van der Waals surface area (Å²) >= 11 is 3.38. The Morgan fingerprint density at radius 2 is 2.25 bits per heavy atom. The Balaban J connectivity index is 1.96. The summed E-state index contributed by atoms with van der Waals surface area (Å²) in [5.41, 5.74) is 2.38. The number of thioether (sulfide) groups is 1. The van der Waals surface area contributed by atoms with Crippen LogP contribution in [-0.4, -0.2) is 23.2 Å². The van der Waals surface area contributed by atoms with Gasteiger partial charge >= 0.3 is 0 Å². The topological polar surface area (TPSA) is 15.6 Å². The van der Waals surface area contributed by atoms with Crippen LogP contribution in [0.2, 0.25) is 0 Å². The Morgan fingerprint density at radius 1 is 1.35 bits per heavy atom. The third-order valence-corrected chi connectivity index (χ3v) is 5.90. The molecule has 4 rings (SSSR count). The van der Waals surface area contributed by atoms with Gasteiger partial charge in [-0.15, -0.1) is 11.3 Å². The molecular formula is C15H13FN2S2. The summed E-state index contributed by atoms with van der Waals surface area (Å²) in [4.78, 5) is 8.18. The molecule has 3 heterocycles. The number of amidine groups is 1. The van der Waals surface area contributed by atoms with E-state index in [0.29, 0.717) is 0 Å². The number of hydrogen-bond acceptors (Lipinski definition) is 4. The Morgan fingerprint density at radius 3 is 3.10 bits per heavy atom. The maximum absolute atomic E-state index is 13.9. The summed E-state index contributed by atoms with van der Waals surface area (Å²) in [6, 6.07) is 5.37. The fourth-order valence-electron chi connectivity index (χ4n) is 2.78. The van der Waals surface area contributed by atoms with Crippen LogP contribution in [0.4, 0.5) is 4.39 Å². The number of aliphatic imine (C=N–C) groups is 1. The zero-order valence-electron chi connectivity index (χ0n) is 11.0. The fourth-order valence-corrected chi connectivity index (χ4v) is 4.83. The lowest BCUT2D eigenvalue weighted by Gasteiger charge is -2.18. The molecule has 0 aliphatic carbocycles. The lowest BCUT2D eigenvalue weighted by atomic mass is 10.1. The molecule has 5 heteroatoms. The summed E-state index contributed by atoms with van der Waals surface area (Å²) in [6.07, 6.45) is 0.986. The zero-order chi connectivity index (χ0) is 13.7. The van der Waals surface area contributed by atoms with E-state index in [4.69, 9.17) is 0 Å². The van der Waals surface area contributed by atoms with Crippen molar-refractivity contribution >= 4 is 44.0 Å². The molecule has 0 saturated heterocycles. The van der Waals surface area contributed by atoms with Gasteiger partial charge in [-0.05, 0) is 30.0 Å². The predicted octanol–water partition coefficient (Wildman–Crippen LogP) is 4.54. The van der Waals surface area contributed by atoms with Gasteiger partial charge in [0.2, 0.25) is 0 Å². The predicted molar refractivity (Wildman–Crippen MR) is 85.6 cm³/mol. The Bertz CT molecular complexity index is 760. The summed E-state index contributed by atoms with van der Waals surface area (Å²) in [5, 5.41) is 3.79. The smallest absolute Gasteiger partial charge is 0.168 e. The van der Waals surface area contributed by atoms with Crippen molar-refractivity contribution in [2.24, 2.45) is 4.99 Å². The average molecular weight is 304 g/mol. The molecule has 0 amide bonds. The molecule has 0 unspecified atom stereocenters. The number of nitrogens with zero attached hydrogens (tertiary/aromatic N) is 2. The zero-order valence-corrected chi connectivity index (χ0v) is 12.7. The van der Waals surface area contributed by atoms with Crippen molar-refractivity contribution in [1.82, 2.24) is 4.90 Å². The third-order valence-electron chi connectivity index (χ3n) is 3.69. The highest BCUT2D eigenvalue weighted by Crippen LogP contribution is 2.45. The molecule has 2 nitrogen and oxygen atoms in total. The molecule has 2 aliphatic rings. The first-order valence-corrected chi connectivity index (χ1v) is 8.38. The Hall–Kier alpha value is -1.33. The Labute approximate surface area is 125 Å². The van der Waals surface area contributed by atoms with Crippen LogP contribution in [0, 0.1) is 5.82 Å². The molecule has 2 aromatic rings. The molecule has 0 bridgehead atoms. The lowest BCUT2D eigenvalue weighted by molar-refractivity contribution is 0.637. The SMILES string of the molecule is CCC1=C(c2ccc(F)c3ccsc23)N2CCN=C2S1. The van der Waals surface area contributed by atoms with Crippen LogP contribution in [0.25, 0.3) is 15.8 Å². The van der Waals surface area contributed by atoms with E-state index in [0.717, 1.165) is 40.3 Å². The monoisotopic (exact) mass is 304 g/mol. The van der Waals surface area contributed by atoms with Crippen LogP contribution in [0.3, 0.4) is 0 Å². The highest BCUT2D eigenvalue weighted by atomic mass is 32.2. The van der Waals surface area contributed by atoms with Gasteiger partial charge in [0.05, 0.1) is 12.2 Å². The van der Waals surface area contributed by atoms with E-state index in [-0.39, 0.29) is 5.82 Å². The highest BCUT2D eigenvalue weighted by Gasteiger charge is 2.33. The van der Waals surface area contributed by atoms with Crippen LogP contribution < -0.4 is 0 Å². The van der Waals surface area contributed by atoms with Gasteiger partial charge in [0.15, 0.2) is 5.17 Å². The maximum Gasteiger partial charge on any atom is 0.168 e. The van der Waals surface area contributed by atoms with E-state index in [1.165, 1.54) is 10.6 Å². The molecule has 0 saturated carbocycles. The fraction of sp³-hybridized carbons (Fsp3) is 0.267. The number of fused-ring (bicyclic) bond motifs is 2. The number of rotatable bonds is 2.